The first kappa shape index (κ1) is 8.05. The highest BCUT2D eigenvalue weighted by atomic mass is 16.1. The second kappa shape index (κ2) is 3.44. The molecule has 0 heterocycles. The maximum atomic E-state index is 10.9. The lowest BCUT2D eigenvalue weighted by atomic mass is 10.3. The summed E-state index contributed by atoms with van der Waals surface area (Å²) in [5.74, 6) is 0.221. The zero-order valence-electron chi connectivity index (χ0n) is 7.29. The van der Waals surface area contributed by atoms with Crippen LogP contribution in [0.2, 0.25) is 0 Å². The fourth-order valence-corrected chi connectivity index (χ4v) is 1.40. The van der Waals surface area contributed by atoms with Gasteiger partial charge in [0.25, 0.3) is 0 Å². The molecule has 0 amide bonds. The normalized spacial score (nSPS) is 15.7. The Balaban J connectivity index is 2.07. The lowest BCUT2D eigenvalue weighted by Gasteiger charge is -2.04. The third kappa shape index (κ3) is 1.96. The zero-order valence-corrected chi connectivity index (χ0v) is 7.29. The number of hydrogen-bond acceptors (Lipinski definition) is 2. The van der Waals surface area contributed by atoms with E-state index in [0.29, 0.717) is 6.42 Å². The topological polar surface area (TPSA) is 29.1 Å². The number of nitrogens with one attached hydrogen (secondary N) is 1. The van der Waals surface area contributed by atoms with Crippen molar-refractivity contribution in [2.24, 2.45) is 0 Å². The van der Waals surface area contributed by atoms with Crippen LogP contribution in [0, 0.1) is 0 Å². The van der Waals surface area contributed by atoms with Gasteiger partial charge in [0, 0.05) is 23.9 Å². The van der Waals surface area contributed by atoms with Crippen molar-refractivity contribution in [1.82, 2.24) is 0 Å². The average molecular weight is 173 g/mol. The molecule has 0 saturated carbocycles. The number of anilines is 1. The van der Waals surface area contributed by atoms with E-state index in [2.05, 4.69) is 5.32 Å². The summed E-state index contributed by atoms with van der Waals surface area (Å²) in [6.45, 7) is 0. The van der Waals surface area contributed by atoms with Crippen molar-refractivity contribution in [2.45, 2.75) is 12.8 Å². The van der Waals surface area contributed by atoms with E-state index >= 15 is 0 Å². The second-order valence-electron chi connectivity index (χ2n) is 3.13. The molecule has 2 rings (SSSR count). The first-order chi connectivity index (χ1) is 6.34. The number of carbonyl (C=O) groups is 1. The Labute approximate surface area is 77.3 Å². The molecule has 1 aliphatic rings. The molecule has 0 aromatic heterocycles. The molecule has 2 heteroatoms. The summed E-state index contributed by atoms with van der Waals surface area (Å²) in [5.41, 5.74) is 2.07. The van der Waals surface area contributed by atoms with Crippen molar-refractivity contribution in [3.63, 3.8) is 0 Å². The summed E-state index contributed by atoms with van der Waals surface area (Å²) in [7, 11) is 0. The number of carbonyl (C=O) groups excluding carboxylic acids is 1. The lowest BCUT2D eigenvalue weighted by Crippen LogP contribution is -1.95. The molecule has 0 saturated heterocycles. The van der Waals surface area contributed by atoms with E-state index in [1.807, 2.05) is 30.3 Å². The van der Waals surface area contributed by atoms with E-state index in [0.717, 1.165) is 17.8 Å². The Hall–Kier alpha value is -1.57. The Morgan fingerprint density at radius 1 is 1.08 bits per heavy atom. The van der Waals surface area contributed by atoms with Gasteiger partial charge in [0.1, 0.15) is 0 Å². The first-order valence-electron chi connectivity index (χ1n) is 4.40. The van der Waals surface area contributed by atoms with E-state index in [-0.39, 0.29) is 5.78 Å². The first-order valence-corrected chi connectivity index (χ1v) is 4.40. The molecule has 0 bridgehead atoms. The molecular weight excluding hydrogens is 162 g/mol. The van der Waals surface area contributed by atoms with Crippen LogP contribution in [0.5, 0.6) is 0 Å². The minimum atomic E-state index is 0.221. The minimum Gasteiger partial charge on any atom is -0.359 e. The molecule has 0 unspecified atom stereocenters. The van der Waals surface area contributed by atoms with Gasteiger partial charge >= 0.3 is 0 Å². The average Bonchev–Trinajstić information content (AvgIpc) is 2.53. The van der Waals surface area contributed by atoms with Crippen molar-refractivity contribution in [3.05, 3.63) is 42.1 Å². The summed E-state index contributed by atoms with van der Waals surface area (Å²) < 4.78 is 0. The van der Waals surface area contributed by atoms with Crippen LogP contribution in [0.1, 0.15) is 12.8 Å². The third-order valence-corrected chi connectivity index (χ3v) is 2.05. The highest BCUT2D eigenvalue weighted by Gasteiger charge is 2.11. The van der Waals surface area contributed by atoms with Gasteiger partial charge in [0.05, 0.1) is 0 Å². The Morgan fingerprint density at radius 3 is 2.46 bits per heavy atom. The van der Waals surface area contributed by atoms with Crippen LogP contribution >= 0.6 is 0 Å². The van der Waals surface area contributed by atoms with Gasteiger partial charge in [-0.25, -0.2) is 0 Å². The maximum Gasteiger partial charge on any atom is 0.157 e. The molecule has 1 aromatic carbocycles. The summed E-state index contributed by atoms with van der Waals surface area (Å²) in [4.78, 5) is 10.9. The number of para-hydroxylation sites is 1. The minimum absolute atomic E-state index is 0.221. The van der Waals surface area contributed by atoms with E-state index in [1.54, 1.807) is 6.08 Å². The van der Waals surface area contributed by atoms with Gasteiger partial charge in [0.2, 0.25) is 0 Å². The fourth-order valence-electron chi connectivity index (χ4n) is 1.40. The largest absolute Gasteiger partial charge is 0.359 e. The molecule has 1 aromatic rings. The van der Waals surface area contributed by atoms with Gasteiger partial charge in [-0.15, -0.1) is 0 Å². The quantitative estimate of drug-likeness (QED) is 0.743. The van der Waals surface area contributed by atoms with Crippen molar-refractivity contribution < 1.29 is 4.79 Å². The smallest absolute Gasteiger partial charge is 0.157 e. The summed E-state index contributed by atoms with van der Waals surface area (Å²) in [5, 5.41) is 3.21. The number of rotatable bonds is 2. The molecule has 13 heavy (non-hydrogen) atoms. The van der Waals surface area contributed by atoms with Gasteiger partial charge < -0.3 is 5.32 Å². The van der Waals surface area contributed by atoms with Crippen LogP contribution in [0.15, 0.2) is 42.1 Å². The van der Waals surface area contributed by atoms with Gasteiger partial charge in [0.15, 0.2) is 5.78 Å². The molecular formula is C11H11NO. The highest BCUT2D eigenvalue weighted by Crippen LogP contribution is 2.17. The fraction of sp³-hybridized carbons (Fsp3) is 0.182. The van der Waals surface area contributed by atoms with Crippen molar-refractivity contribution >= 4 is 11.5 Å². The monoisotopic (exact) mass is 173 g/mol. The van der Waals surface area contributed by atoms with Crippen LogP contribution in [-0.2, 0) is 4.79 Å². The lowest BCUT2D eigenvalue weighted by molar-refractivity contribution is -0.114. The van der Waals surface area contributed by atoms with Crippen molar-refractivity contribution in [1.29, 1.82) is 0 Å². The van der Waals surface area contributed by atoms with E-state index in [4.69, 9.17) is 0 Å². The predicted octanol–water partition coefficient (Wildman–Crippen LogP) is 2.35. The molecule has 0 fully saturated rings. The van der Waals surface area contributed by atoms with Crippen LogP contribution in [-0.4, -0.2) is 5.78 Å². The number of allylic oxidation sites excluding steroid dienone is 2. The van der Waals surface area contributed by atoms with Crippen LogP contribution in [0.25, 0.3) is 0 Å². The van der Waals surface area contributed by atoms with Crippen LogP contribution < -0.4 is 5.32 Å². The summed E-state index contributed by atoms with van der Waals surface area (Å²) in [6.07, 6.45) is 3.18. The Morgan fingerprint density at radius 2 is 1.85 bits per heavy atom. The Kier molecular flexibility index (Phi) is 2.13. The molecule has 0 radical (unpaired) electrons. The Bertz CT molecular complexity index is 340. The van der Waals surface area contributed by atoms with Gasteiger partial charge in [-0.3, -0.25) is 4.79 Å². The van der Waals surface area contributed by atoms with E-state index in [1.165, 1.54) is 0 Å². The maximum absolute atomic E-state index is 10.9. The van der Waals surface area contributed by atoms with E-state index in [9.17, 15) is 4.79 Å². The number of ketones is 1. The zero-order chi connectivity index (χ0) is 9.10. The van der Waals surface area contributed by atoms with Crippen molar-refractivity contribution in [3.8, 4) is 0 Å². The third-order valence-electron chi connectivity index (χ3n) is 2.05. The molecule has 2 nitrogen and oxygen atoms in total. The summed E-state index contributed by atoms with van der Waals surface area (Å²) in [6, 6.07) is 9.89. The predicted molar refractivity (Wildman–Crippen MR) is 52.4 cm³/mol. The van der Waals surface area contributed by atoms with Crippen LogP contribution in [0.4, 0.5) is 5.69 Å². The highest BCUT2D eigenvalue weighted by molar-refractivity contribution is 5.93. The number of hydrogen-bond donors (Lipinski definition) is 1. The molecule has 66 valence electrons. The molecule has 1 aliphatic carbocycles. The second-order valence-corrected chi connectivity index (χ2v) is 3.13. The van der Waals surface area contributed by atoms with Gasteiger partial charge in [-0.2, -0.15) is 0 Å². The molecule has 1 N–H and O–H groups in total. The number of benzene rings is 1. The molecule has 0 aliphatic heterocycles. The van der Waals surface area contributed by atoms with Gasteiger partial charge in [-0.1, -0.05) is 18.2 Å². The van der Waals surface area contributed by atoms with E-state index < -0.39 is 0 Å². The van der Waals surface area contributed by atoms with Gasteiger partial charge in [-0.05, 0) is 18.6 Å². The SMILES string of the molecule is O=C1C=C(Nc2ccccc2)CC1. The molecule has 0 spiro atoms. The summed E-state index contributed by atoms with van der Waals surface area (Å²) >= 11 is 0. The standard InChI is InChI=1S/C11H11NO/c13-11-7-6-10(8-11)12-9-4-2-1-3-5-9/h1-5,8,12H,6-7H2. The van der Waals surface area contributed by atoms with Crippen LogP contribution in [0.3, 0.4) is 0 Å². The van der Waals surface area contributed by atoms with Crippen molar-refractivity contribution in [2.75, 3.05) is 5.32 Å². The molecule has 0 atom stereocenters.